The monoisotopic (exact) mass is 268 g/mol. The Balaban J connectivity index is 1.84. The maximum Gasteiger partial charge on any atom is 0.226 e. The van der Waals surface area contributed by atoms with Gasteiger partial charge < -0.3 is 4.90 Å². The Morgan fingerprint density at radius 3 is 2.55 bits per heavy atom. The van der Waals surface area contributed by atoms with Crippen molar-refractivity contribution in [2.45, 2.75) is 19.8 Å². The summed E-state index contributed by atoms with van der Waals surface area (Å²) in [6, 6.07) is 14.0. The number of aromatic nitrogens is 1. The van der Waals surface area contributed by atoms with E-state index in [0.29, 0.717) is 13.0 Å². The van der Waals surface area contributed by atoms with E-state index in [2.05, 4.69) is 4.98 Å². The molecule has 0 spiro atoms. The first-order valence-corrected chi connectivity index (χ1v) is 6.84. The maximum absolute atomic E-state index is 12.1. The highest BCUT2D eigenvalue weighted by Gasteiger charge is 2.09. The van der Waals surface area contributed by atoms with Gasteiger partial charge in [-0.15, -0.1) is 0 Å². The molecular weight excluding hydrogens is 248 g/mol. The molecule has 1 amide bonds. The van der Waals surface area contributed by atoms with Crippen molar-refractivity contribution in [1.29, 1.82) is 0 Å². The molecule has 1 heterocycles. The Morgan fingerprint density at radius 2 is 1.90 bits per heavy atom. The van der Waals surface area contributed by atoms with Gasteiger partial charge in [-0.2, -0.15) is 0 Å². The molecule has 0 fully saturated rings. The summed E-state index contributed by atoms with van der Waals surface area (Å²) in [5, 5.41) is 0. The highest BCUT2D eigenvalue weighted by molar-refractivity contribution is 5.78. The van der Waals surface area contributed by atoms with Gasteiger partial charge >= 0.3 is 0 Å². The number of hydrogen-bond acceptors (Lipinski definition) is 2. The zero-order chi connectivity index (χ0) is 14.4. The van der Waals surface area contributed by atoms with E-state index in [-0.39, 0.29) is 5.91 Å². The lowest BCUT2D eigenvalue weighted by Gasteiger charge is -2.17. The lowest BCUT2D eigenvalue weighted by Crippen LogP contribution is -2.30. The minimum absolute atomic E-state index is 0.143. The van der Waals surface area contributed by atoms with Crippen LogP contribution in [0.1, 0.15) is 16.8 Å². The fraction of sp³-hybridized carbons (Fsp3) is 0.294. The van der Waals surface area contributed by atoms with E-state index in [4.69, 9.17) is 0 Å². The quantitative estimate of drug-likeness (QED) is 0.835. The van der Waals surface area contributed by atoms with Crippen LogP contribution in [-0.2, 0) is 17.6 Å². The number of likely N-dealkylation sites (N-methyl/N-ethyl adjacent to an activating group) is 1. The van der Waals surface area contributed by atoms with Gasteiger partial charge in [0.05, 0.1) is 6.42 Å². The molecule has 3 nitrogen and oxygen atoms in total. The van der Waals surface area contributed by atoms with Crippen LogP contribution in [-0.4, -0.2) is 29.4 Å². The van der Waals surface area contributed by atoms with Crippen LogP contribution < -0.4 is 0 Å². The Bertz CT molecular complexity index is 549. The number of carbonyl (C=O) groups excluding carboxylic acids is 1. The van der Waals surface area contributed by atoms with Crippen molar-refractivity contribution in [3.05, 3.63) is 65.5 Å². The summed E-state index contributed by atoms with van der Waals surface area (Å²) >= 11 is 0. The van der Waals surface area contributed by atoms with E-state index in [1.807, 2.05) is 56.4 Å². The Hall–Kier alpha value is -2.16. The molecule has 0 N–H and O–H groups in total. The summed E-state index contributed by atoms with van der Waals surface area (Å²) < 4.78 is 0. The fourth-order valence-electron chi connectivity index (χ4n) is 1.97. The van der Waals surface area contributed by atoms with E-state index >= 15 is 0 Å². The summed E-state index contributed by atoms with van der Waals surface area (Å²) in [7, 11) is 1.85. The second kappa shape index (κ2) is 6.85. The molecule has 2 aromatic rings. The lowest BCUT2D eigenvalue weighted by molar-refractivity contribution is -0.129. The van der Waals surface area contributed by atoms with Crippen LogP contribution in [0.5, 0.6) is 0 Å². The topological polar surface area (TPSA) is 33.2 Å². The summed E-state index contributed by atoms with van der Waals surface area (Å²) in [6.07, 6.45) is 3.03. The van der Waals surface area contributed by atoms with Crippen LogP contribution in [0.3, 0.4) is 0 Å². The fourth-order valence-corrected chi connectivity index (χ4v) is 1.97. The highest BCUT2D eigenvalue weighted by atomic mass is 16.2. The molecule has 20 heavy (non-hydrogen) atoms. The lowest BCUT2D eigenvalue weighted by atomic mass is 10.1. The average molecular weight is 268 g/mol. The summed E-state index contributed by atoms with van der Waals surface area (Å²) in [4.78, 5) is 18.2. The number of carbonyl (C=O) groups is 1. The zero-order valence-corrected chi connectivity index (χ0v) is 12.0. The largest absolute Gasteiger partial charge is 0.345 e. The molecule has 0 saturated heterocycles. The van der Waals surface area contributed by atoms with Crippen LogP contribution in [0.2, 0.25) is 0 Å². The van der Waals surface area contributed by atoms with Crippen LogP contribution in [0.25, 0.3) is 0 Å². The van der Waals surface area contributed by atoms with E-state index < -0.39 is 0 Å². The smallest absolute Gasteiger partial charge is 0.226 e. The van der Waals surface area contributed by atoms with E-state index in [1.165, 1.54) is 5.56 Å². The van der Waals surface area contributed by atoms with Crippen molar-refractivity contribution in [2.24, 2.45) is 0 Å². The minimum atomic E-state index is 0.143. The molecule has 0 aliphatic rings. The zero-order valence-electron chi connectivity index (χ0n) is 12.0. The van der Waals surface area contributed by atoms with Crippen LogP contribution in [0, 0.1) is 6.92 Å². The van der Waals surface area contributed by atoms with Crippen molar-refractivity contribution in [1.82, 2.24) is 9.88 Å². The third kappa shape index (κ3) is 4.19. The second-order valence-electron chi connectivity index (χ2n) is 5.05. The van der Waals surface area contributed by atoms with Crippen LogP contribution in [0.4, 0.5) is 0 Å². The van der Waals surface area contributed by atoms with Crippen molar-refractivity contribution in [2.75, 3.05) is 13.6 Å². The van der Waals surface area contributed by atoms with Crippen molar-refractivity contribution >= 4 is 5.91 Å². The van der Waals surface area contributed by atoms with Gasteiger partial charge in [-0.25, -0.2) is 0 Å². The van der Waals surface area contributed by atoms with Gasteiger partial charge in [0.15, 0.2) is 0 Å². The first-order valence-electron chi connectivity index (χ1n) is 6.84. The normalized spacial score (nSPS) is 10.3. The molecule has 0 aliphatic carbocycles. The summed E-state index contributed by atoms with van der Waals surface area (Å²) in [5.74, 6) is 0.143. The highest BCUT2D eigenvalue weighted by Crippen LogP contribution is 2.06. The van der Waals surface area contributed by atoms with Gasteiger partial charge in [0.25, 0.3) is 0 Å². The predicted molar refractivity (Wildman–Crippen MR) is 80.5 cm³/mol. The summed E-state index contributed by atoms with van der Waals surface area (Å²) in [6.45, 7) is 2.74. The van der Waals surface area contributed by atoms with E-state index in [1.54, 1.807) is 11.1 Å². The Kier molecular flexibility index (Phi) is 4.88. The molecule has 104 valence electrons. The van der Waals surface area contributed by atoms with Gasteiger partial charge in [-0.1, -0.05) is 35.9 Å². The number of aryl methyl sites for hydroxylation is 1. The van der Waals surface area contributed by atoms with Gasteiger partial charge in [0.2, 0.25) is 5.91 Å². The van der Waals surface area contributed by atoms with Gasteiger partial charge in [0.1, 0.15) is 0 Å². The summed E-state index contributed by atoms with van der Waals surface area (Å²) in [5.41, 5.74) is 3.29. The molecular formula is C17H20N2O. The number of pyridine rings is 1. The number of rotatable bonds is 5. The van der Waals surface area contributed by atoms with Crippen molar-refractivity contribution in [3.8, 4) is 0 Å². The van der Waals surface area contributed by atoms with Crippen LogP contribution >= 0.6 is 0 Å². The number of amides is 1. The van der Waals surface area contributed by atoms with Gasteiger partial charge in [-0.05, 0) is 24.6 Å². The van der Waals surface area contributed by atoms with Crippen molar-refractivity contribution < 1.29 is 4.79 Å². The molecule has 1 aromatic heterocycles. The molecule has 0 saturated carbocycles. The second-order valence-corrected chi connectivity index (χ2v) is 5.05. The molecule has 0 radical (unpaired) electrons. The standard InChI is InChI=1S/C17H20N2O/c1-14-6-8-15(9-7-14)13-17(20)19(2)12-10-16-5-3-4-11-18-16/h3-9,11H,10,12-13H2,1-2H3. The van der Waals surface area contributed by atoms with E-state index in [9.17, 15) is 4.79 Å². The molecule has 0 bridgehead atoms. The number of benzene rings is 1. The molecule has 1 aromatic carbocycles. The average Bonchev–Trinajstić information content (AvgIpc) is 2.48. The van der Waals surface area contributed by atoms with Gasteiger partial charge in [0, 0.05) is 31.9 Å². The molecule has 2 rings (SSSR count). The molecule has 3 heteroatoms. The predicted octanol–water partition coefficient (Wildman–Crippen LogP) is 2.63. The SMILES string of the molecule is Cc1ccc(CC(=O)N(C)CCc2ccccn2)cc1. The third-order valence-corrected chi connectivity index (χ3v) is 3.33. The molecule has 0 atom stereocenters. The van der Waals surface area contributed by atoms with Crippen LogP contribution in [0.15, 0.2) is 48.7 Å². The molecule has 0 unspecified atom stereocenters. The van der Waals surface area contributed by atoms with Crippen molar-refractivity contribution in [3.63, 3.8) is 0 Å². The molecule has 0 aliphatic heterocycles. The minimum Gasteiger partial charge on any atom is -0.345 e. The Morgan fingerprint density at radius 1 is 1.15 bits per heavy atom. The number of hydrogen-bond donors (Lipinski definition) is 0. The number of nitrogens with zero attached hydrogens (tertiary/aromatic N) is 2. The third-order valence-electron chi connectivity index (χ3n) is 3.33. The first kappa shape index (κ1) is 14.3. The Labute approximate surface area is 120 Å². The van der Waals surface area contributed by atoms with Gasteiger partial charge in [-0.3, -0.25) is 9.78 Å². The maximum atomic E-state index is 12.1. The first-order chi connectivity index (χ1) is 9.65. The van der Waals surface area contributed by atoms with E-state index in [0.717, 1.165) is 17.7 Å².